The molecule has 2 unspecified atom stereocenters. The fourth-order valence-electron chi connectivity index (χ4n) is 1.41. The van der Waals surface area contributed by atoms with Gasteiger partial charge in [0, 0.05) is 34.9 Å². The van der Waals surface area contributed by atoms with Crippen molar-refractivity contribution in [1.82, 2.24) is 10.3 Å². The Morgan fingerprint density at radius 3 is 2.85 bits per heavy atom. The summed E-state index contributed by atoms with van der Waals surface area (Å²) in [6.45, 7) is 1.75. The van der Waals surface area contributed by atoms with Crippen molar-refractivity contribution >= 4 is 34.0 Å². The Kier molecular flexibility index (Phi) is 6.03. The van der Waals surface area contributed by atoms with Crippen LogP contribution >= 0.6 is 11.6 Å². The molecule has 0 saturated carbocycles. The molecule has 2 atom stereocenters. The van der Waals surface area contributed by atoms with E-state index in [0.29, 0.717) is 12.2 Å². The summed E-state index contributed by atoms with van der Waals surface area (Å²) in [6.07, 6.45) is 3.10. The highest BCUT2D eigenvalue weighted by Gasteiger charge is 2.18. The van der Waals surface area contributed by atoms with Crippen molar-refractivity contribution in [2.45, 2.75) is 19.4 Å². The van der Waals surface area contributed by atoms with Gasteiger partial charge in [-0.25, -0.2) is 4.98 Å². The van der Waals surface area contributed by atoms with E-state index in [4.69, 9.17) is 11.6 Å². The van der Waals surface area contributed by atoms with E-state index in [1.54, 1.807) is 13.2 Å². The highest BCUT2D eigenvalue weighted by atomic mass is 35.5. The van der Waals surface area contributed by atoms with Gasteiger partial charge in [-0.3, -0.25) is 19.1 Å². The fourth-order valence-corrected chi connectivity index (χ4v) is 2.29. The molecule has 9 heteroatoms. The van der Waals surface area contributed by atoms with Crippen LogP contribution in [-0.2, 0) is 10.8 Å². The normalized spacial score (nSPS) is 13.6. The van der Waals surface area contributed by atoms with E-state index in [1.807, 2.05) is 0 Å². The molecule has 0 bridgehead atoms. The molecule has 1 rings (SSSR count). The van der Waals surface area contributed by atoms with Crippen LogP contribution in [0.3, 0.4) is 0 Å². The third-order valence-corrected chi connectivity index (χ3v) is 3.61. The van der Waals surface area contributed by atoms with E-state index in [0.717, 1.165) is 12.3 Å². The second-order valence-electron chi connectivity index (χ2n) is 4.23. The lowest BCUT2D eigenvalue weighted by Crippen LogP contribution is -2.33. The third-order valence-electron chi connectivity index (χ3n) is 2.50. The van der Waals surface area contributed by atoms with Crippen LogP contribution in [0, 0.1) is 10.1 Å². The number of hydrogen-bond donors (Lipinski definition) is 1. The number of nitrogens with one attached hydrogen (secondary N) is 1. The van der Waals surface area contributed by atoms with Gasteiger partial charge in [-0.2, -0.15) is 0 Å². The summed E-state index contributed by atoms with van der Waals surface area (Å²) < 4.78 is 11.0. The summed E-state index contributed by atoms with van der Waals surface area (Å²) in [4.78, 5) is 25.6. The molecule has 1 N–H and O–H groups in total. The minimum Gasteiger partial charge on any atom is -0.349 e. The molecule has 0 radical (unpaired) electrons. The predicted molar refractivity (Wildman–Crippen MR) is 76.4 cm³/mol. The lowest BCUT2D eigenvalue weighted by molar-refractivity contribution is -0.385. The number of halogens is 1. The Labute approximate surface area is 123 Å². The summed E-state index contributed by atoms with van der Waals surface area (Å²) in [5.41, 5.74) is -0.354. The van der Waals surface area contributed by atoms with Crippen molar-refractivity contribution in [3.05, 3.63) is 33.1 Å². The molecule has 0 spiro atoms. The molecule has 110 valence electrons. The smallest absolute Gasteiger partial charge is 0.288 e. The first-order chi connectivity index (χ1) is 9.31. The van der Waals surface area contributed by atoms with Gasteiger partial charge in [0.2, 0.25) is 0 Å². The quantitative estimate of drug-likeness (QED) is 0.486. The average Bonchev–Trinajstić information content (AvgIpc) is 2.36. The topological polar surface area (TPSA) is 102 Å². The second kappa shape index (κ2) is 7.30. The lowest BCUT2D eigenvalue weighted by Gasteiger charge is -2.13. The van der Waals surface area contributed by atoms with Crippen molar-refractivity contribution in [1.29, 1.82) is 0 Å². The monoisotopic (exact) mass is 319 g/mol. The number of rotatable bonds is 6. The summed E-state index contributed by atoms with van der Waals surface area (Å²) in [5.74, 6) is -0.0804. The summed E-state index contributed by atoms with van der Waals surface area (Å²) in [7, 11) is -0.939. The number of hydrogen-bond acceptors (Lipinski definition) is 5. The molecule has 0 aliphatic carbocycles. The van der Waals surface area contributed by atoms with Gasteiger partial charge in [0.1, 0.15) is 11.3 Å². The molecule has 1 amide bonds. The van der Waals surface area contributed by atoms with E-state index >= 15 is 0 Å². The summed E-state index contributed by atoms with van der Waals surface area (Å²) in [6, 6.07) is 0.858. The largest absolute Gasteiger partial charge is 0.349 e. The van der Waals surface area contributed by atoms with Gasteiger partial charge in [-0.05, 0) is 13.3 Å². The number of carbonyl (C=O) groups excluding carboxylic acids is 1. The van der Waals surface area contributed by atoms with E-state index in [1.165, 1.54) is 0 Å². The molecule has 0 aromatic carbocycles. The fraction of sp³-hybridized carbons (Fsp3) is 0.455. The molecule has 0 fully saturated rings. The molecule has 0 aliphatic heterocycles. The summed E-state index contributed by atoms with van der Waals surface area (Å²) >= 11 is 5.76. The van der Waals surface area contributed by atoms with Crippen LogP contribution in [0.4, 0.5) is 5.69 Å². The molecule has 1 aromatic heterocycles. The molecular weight excluding hydrogens is 306 g/mol. The SMILES string of the molecule is CC(CCS(C)=O)NC(=O)c1cc([N+](=O)[O-])cnc1Cl. The zero-order chi connectivity index (χ0) is 15.3. The zero-order valence-electron chi connectivity index (χ0n) is 11.0. The van der Waals surface area contributed by atoms with Gasteiger partial charge >= 0.3 is 0 Å². The van der Waals surface area contributed by atoms with Crippen molar-refractivity contribution in [3.8, 4) is 0 Å². The van der Waals surface area contributed by atoms with E-state index in [2.05, 4.69) is 10.3 Å². The summed E-state index contributed by atoms with van der Waals surface area (Å²) in [5, 5.41) is 13.2. The van der Waals surface area contributed by atoms with Gasteiger partial charge < -0.3 is 5.32 Å². The number of amides is 1. The molecule has 7 nitrogen and oxygen atoms in total. The molecule has 20 heavy (non-hydrogen) atoms. The van der Waals surface area contributed by atoms with E-state index < -0.39 is 21.6 Å². The Morgan fingerprint density at radius 2 is 2.30 bits per heavy atom. The third kappa shape index (κ3) is 4.86. The Balaban J connectivity index is 2.79. The van der Waals surface area contributed by atoms with E-state index in [-0.39, 0.29) is 22.4 Å². The van der Waals surface area contributed by atoms with Crippen molar-refractivity contribution in [3.63, 3.8) is 0 Å². The maximum absolute atomic E-state index is 12.0. The maximum Gasteiger partial charge on any atom is 0.288 e. The molecule has 0 saturated heterocycles. The molecular formula is C11H14ClN3O4S. The Morgan fingerprint density at radius 1 is 1.65 bits per heavy atom. The van der Waals surface area contributed by atoms with Gasteiger partial charge in [0.25, 0.3) is 11.6 Å². The highest BCUT2D eigenvalue weighted by molar-refractivity contribution is 7.84. The average molecular weight is 320 g/mol. The number of nitrogens with zero attached hydrogens (tertiary/aromatic N) is 2. The Bertz CT molecular complexity index is 552. The first-order valence-electron chi connectivity index (χ1n) is 5.72. The van der Waals surface area contributed by atoms with Crippen molar-refractivity contribution in [2.24, 2.45) is 0 Å². The van der Waals surface area contributed by atoms with Crippen LogP contribution in [0.5, 0.6) is 0 Å². The zero-order valence-corrected chi connectivity index (χ0v) is 12.5. The van der Waals surface area contributed by atoms with Gasteiger partial charge in [-0.15, -0.1) is 0 Å². The highest BCUT2D eigenvalue weighted by Crippen LogP contribution is 2.19. The molecule has 0 aliphatic rings. The number of aromatic nitrogens is 1. The van der Waals surface area contributed by atoms with Crippen LogP contribution in [-0.4, -0.2) is 38.1 Å². The van der Waals surface area contributed by atoms with Crippen molar-refractivity contribution in [2.75, 3.05) is 12.0 Å². The maximum atomic E-state index is 12.0. The van der Waals surface area contributed by atoms with Crippen LogP contribution in [0.2, 0.25) is 5.15 Å². The van der Waals surface area contributed by atoms with Crippen LogP contribution in [0.15, 0.2) is 12.3 Å². The number of nitro groups is 1. The minimum absolute atomic E-state index is 0.0506. The standard InChI is InChI=1S/C11H14ClN3O4S/c1-7(3-4-20(2)19)14-11(16)9-5-8(15(17)18)6-13-10(9)12/h5-7H,3-4H2,1-2H3,(H,14,16). The van der Waals surface area contributed by atoms with Crippen LogP contribution in [0.1, 0.15) is 23.7 Å². The number of pyridine rings is 1. The van der Waals surface area contributed by atoms with E-state index in [9.17, 15) is 19.1 Å². The first-order valence-corrected chi connectivity index (χ1v) is 7.82. The van der Waals surface area contributed by atoms with Gasteiger partial charge in [0.15, 0.2) is 0 Å². The van der Waals surface area contributed by atoms with Crippen LogP contribution in [0.25, 0.3) is 0 Å². The first kappa shape index (κ1) is 16.5. The van der Waals surface area contributed by atoms with Gasteiger partial charge in [-0.1, -0.05) is 11.6 Å². The second-order valence-corrected chi connectivity index (χ2v) is 6.14. The predicted octanol–water partition coefficient (Wildman–Crippen LogP) is 1.53. The lowest BCUT2D eigenvalue weighted by atomic mass is 10.2. The minimum atomic E-state index is -0.939. The number of carbonyl (C=O) groups is 1. The van der Waals surface area contributed by atoms with Crippen LogP contribution < -0.4 is 5.32 Å². The van der Waals surface area contributed by atoms with Crippen molar-refractivity contribution < 1.29 is 13.9 Å². The molecule has 1 heterocycles. The van der Waals surface area contributed by atoms with Gasteiger partial charge in [0.05, 0.1) is 10.5 Å². The Hall–Kier alpha value is -1.54. The molecule has 1 aromatic rings.